The smallest absolute Gasteiger partial charge is 0.317 e. The van der Waals surface area contributed by atoms with Gasteiger partial charge in [0, 0.05) is 31.5 Å². The molecule has 3 rings (SSSR count). The highest BCUT2D eigenvalue weighted by Crippen LogP contribution is 2.45. The molecular weight excluding hydrogens is 296 g/mol. The Morgan fingerprint density at radius 3 is 2.57 bits per heavy atom. The number of carbonyl (C=O) groups is 1. The molecule has 0 aliphatic carbocycles. The number of imidazole rings is 1. The Bertz CT molecular complexity index is 511. The molecular formula is C16H26N4O3. The maximum atomic E-state index is 10.9. The molecule has 2 aliphatic heterocycles. The van der Waals surface area contributed by atoms with Gasteiger partial charge in [-0.3, -0.25) is 14.6 Å². The van der Waals surface area contributed by atoms with Crippen molar-refractivity contribution in [2.45, 2.75) is 25.8 Å². The first-order valence-corrected chi connectivity index (χ1v) is 8.37. The molecule has 0 unspecified atom stereocenters. The number of carboxylic acids is 1. The largest absolute Gasteiger partial charge is 0.480 e. The Labute approximate surface area is 136 Å². The number of hydrogen-bond acceptors (Lipinski definition) is 5. The van der Waals surface area contributed by atoms with Crippen molar-refractivity contribution in [3.63, 3.8) is 0 Å². The second-order valence-corrected chi connectivity index (χ2v) is 6.93. The first-order valence-electron chi connectivity index (χ1n) is 8.37. The van der Waals surface area contributed by atoms with Gasteiger partial charge in [-0.15, -0.1) is 0 Å². The predicted molar refractivity (Wildman–Crippen MR) is 84.8 cm³/mol. The maximum absolute atomic E-state index is 10.9. The summed E-state index contributed by atoms with van der Waals surface area (Å²) < 4.78 is 0. The molecule has 7 heteroatoms. The van der Waals surface area contributed by atoms with E-state index in [9.17, 15) is 9.90 Å². The monoisotopic (exact) mass is 322 g/mol. The van der Waals surface area contributed by atoms with Gasteiger partial charge in [-0.05, 0) is 44.3 Å². The number of aliphatic hydroxyl groups is 1. The van der Waals surface area contributed by atoms with E-state index in [1.165, 1.54) is 0 Å². The average Bonchev–Trinajstić information content (AvgIpc) is 3.04. The highest BCUT2D eigenvalue weighted by molar-refractivity contribution is 5.69. The van der Waals surface area contributed by atoms with Crippen molar-refractivity contribution in [2.24, 2.45) is 11.3 Å². The van der Waals surface area contributed by atoms with E-state index in [1.54, 1.807) is 6.20 Å². The van der Waals surface area contributed by atoms with Crippen LogP contribution >= 0.6 is 0 Å². The number of nitrogens with zero attached hydrogens (tertiary/aromatic N) is 3. The fourth-order valence-corrected chi connectivity index (χ4v) is 4.18. The van der Waals surface area contributed by atoms with E-state index in [-0.39, 0.29) is 24.5 Å². The van der Waals surface area contributed by atoms with Crippen molar-refractivity contribution in [3.8, 4) is 0 Å². The zero-order valence-corrected chi connectivity index (χ0v) is 13.4. The van der Waals surface area contributed by atoms with E-state index in [2.05, 4.69) is 14.9 Å². The number of H-pyrrole nitrogens is 1. The van der Waals surface area contributed by atoms with Gasteiger partial charge in [0.05, 0.1) is 13.1 Å². The molecule has 0 amide bonds. The van der Waals surface area contributed by atoms with Gasteiger partial charge in [0.2, 0.25) is 0 Å². The molecule has 7 nitrogen and oxygen atoms in total. The molecule has 128 valence electrons. The third kappa shape index (κ3) is 3.73. The van der Waals surface area contributed by atoms with E-state index >= 15 is 0 Å². The van der Waals surface area contributed by atoms with Gasteiger partial charge in [-0.25, -0.2) is 4.98 Å². The van der Waals surface area contributed by atoms with Crippen LogP contribution in [0.25, 0.3) is 0 Å². The van der Waals surface area contributed by atoms with Crippen LogP contribution in [0.4, 0.5) is 0 Å². The van der Waals surface area contributed by atoms with Gasteiger partial charge in [0.1, 0.15) is 5.82 Å². The summed E-state index contributed by atoms with van der Waals surface area (Å²) in [5.74, 6) is 0.472. The molecule has 0 saturated carbocycles. The lowest BCUT2D eigenvalue weighted by Crippen LogP contribution is -2.53. The second kappa shape index (κ2) is 6.98. The van der Waals surface area contributed by atoms with Crippen LogP contribution in [-0.4, -0.2) is 75.3 Å². The fourth-order valence-electron chi connectivity index (χ4n) is 4.18. The molecule has 1 aromatic heterocycles. The van der Waals surface area contributed by atoms with E-state index in [4.69, 9.17) is 5.11 Å². The van der Waals surface area contributed by atoms with Crippen molar-refractivity contribution in [2.75, 3.05) is 39.3 Å². The normalized spacial score (nSPS) is 25.7. The van der Waals surface area contributed by atoms with Gasteiger partial charge in [-0.1, -0.05) is 0 Å². The van der Waals surface area contributed by atoms with Crippen LogP contribution in [0.1, 0.15) is 25.1 Å². The van der Waals surface area contributed by atoms with E-state index in [0.29, 0.717) is 0 Å². The third-order valence-corrected chi connectivity index (χ3v) is 5.63. The summed E-state index contributed by atoms with van der Waals surface area (Å²) in [4.78, 5) is 22.6. The zero-order chi connectivity index (χ0) is 16.3. The second-order valence-electron chi connectivity index (χ2n) is 6.93. The van der Waals surface area contributed by atoms with E-state index in [0.717, 1.165) is 57.8 Å². The van der Waals surface area contributed by atoms with E-state index < -0.39 is 5.97 Å². The Morgan fingerprint density at radius 2 is 2.00 bits per heavy atom. The molecule has 3 heterocycles. The minimum atomic E-state index is -0.757. The number of aromatic amines is 1. The lowest BCUT2D eigenvalue weighted by Gasteiger charge is -2.51. The number of aliphatic carboxylic acids is 1. The summed E-state index contributed by atoms with van der Waals surface area (Å²) in [7, 11) is 0. The van der Waals surface area contributed by atoms with E-state index in [1.807, 2.05) is 11.1 Å². The molecule has 0 bridgehead atoms. The van der Waals surface area contributed by atoms with Crippen LogP contribution in [0, 0.1) is 11.3 Å². The number of carboxylic acid groups (broad SMARTS) is 1. The molecule has 23 heavy (non-hydrogen) atoms. The molecule has 1 spiro atoms. The number of aliphatic hydroxyl groups excluding tert-OH is 1. The Morgan fingerprint density at radius 1 is 1.30 bits per heavy atom. The maximum Gasteiger partial charge on any atom is 0.317 e. The summed E-state index contributed by atoms with van der Waals surface area (Å²) in [5.41, 5.74) is 0.170. The molecule has 2 fully saturated rings. The van der Waals surface area contributed by atoms with Gasteiger partial charge in [0.25, 0.3) is 0 Å². The number of piperidine rings is 2. The van der Waals surface area contributed by atoms with Crippen LogP contribution in [0.3, 0.4) is 0 Å². The van der Waals surface area contributed by atoms with Crippen molar-refractivity contribution in [1.82, 2.24) is 19.8 Å². The van der Waals surface area contributed by atoms with Gasteiger partial charge < -0.3 is 15.2 Å². The summed E-state index contributed by atoms with van der Waals surface area (Å²) in [6.45, 7) is 4.66. The first-order chi connectivity index (χ1) is 11.1. The fraction of sp³-hybridized carbons (Fsp3) is 0.750. The van der Waals surface area contributed by atoms with Crippen molar-refractivity contribution >= 4 is 5.97 Å². The first kappa shape index (κ1) is 16.4. The lowest BCUT2D eigenvalue weighted by molar-refractivity contribution is -0.139. The number of likely N-dealkylation sites (tertiary alicyclic amines) is 2. The number of hydrogen-bond donors (Lipinski definition) is 3. The molecule has 1 aromatic rings. The van der Waals surface area contributed by atoms with Gasteiger partial charge in [-0.2, -0.15) is 0 Å². The Kier molecular flexibility index (Phi) is 4.99. The number of rotatable bonds is 5. The van der Waals surface area contributed by atoms with Gasteiger partial charge in [0.15, 0.2) is 0 Å². The summed E-state index contributed by atoms with van der Waals surface area (Å²) >= 11 is 0. The average molecular weight is 322 g/mol. The minimum Gasteiger partial charge on any atom is -0.480 e. The molecule has 0 radical (unpaired) electrons. The highest BCUT2D eigenvalue weighted by atomic mass is 16.4. The van der Waals surface area contributed by atoms with Gasteiger partial charge >= 0.3 is 5.97 Å². The van der Waals surface area contributed by atoms with Crippen LogP contribution in [0.2, 0.25) is 0 Å². The van der Waals surface area contributed by atoms with Crippen LogP contribution in [0.15, 0.2) is 12.4 Å². The zero-order valence-electron chi connectivity index (χ0n) is 13.4. The molecule has 3 N–H and O–H groups in total. The number of nitrogens with one attached hydrogen (secondary N) is 1. The quantitative estimate of drug-likeness (QED) is 0.726. The summed E-state index contributed by atoms with van der Waals surface area (Å²) in [6.07, 6.45) is 6.64. The van der Waals surface area contributed by atoms with Crippen molar-refractivity contribution < 1.29 is 15.0 Å². The van der Waals surface area contributed by atoms with Crippen molar-refractivity contribution in [1.29, 1.82) is 0 Å². The summed E-state index contributed by atoms with van der Waals surface area (Å²) in [6, 6.07) is 0. The third-order valence-electron chi connectivity index (χ3n) is 5.63. The molecule has 2 saturated heterocycles. The molecule has 2 aliphatic rings. The summed E-state index contributed by atoms with van der Waals surface area (Å²) in [5, 5.41) is 18.8. The Hall–Kier alpha value is -1.44. The predicted octanol–water partition coefficient (Wildman–Crippen LogP) is 0.391. The van der Waals surface area contributed by atoms with Crippen LogP contribution in [0.5, 0.6) is 0 Å². The number of aromatic nitrogens is 2. The standard InChI is InChI=1S/C16H26N4O3/c21-12-13-9-20(10-14-17-4-5-18-14)8-3-16(13)1-6-19(7-2-16)11-15(22)23/h4-5,13,21H,1-3,6-12H2,(H,17,18)(H,22,23)/t13-/m1/s1. The SMILES string of the molecule is O=C(O)CN1CCC2(CC1)CCN(Cc1ncc[nH]1)C[C@@H]2CO. The van der Waals surface area contributed by atoms with Crippen molar-refractivity contribution in [3.05, 3.63) is 18.2 Å². The van der Waals surface area contributed by atoms with Crippen LogP contribution in [-0.2, 0) is 11.3 Å². The minimum absolute atomic E-state index is 0.129. The molecule has 0 aromatic carbocycles. The Balaban J connectivity index is 1.58. The molecule has 1 atom stereocenters. The topological polar surface area (TPSA) is 92.7 Å². The highest BCUT2D eigenvalue weighted by Gasteiger charge is 2.44. The van der Waals surface area contributed by atoms with Crippen LogP contribution < -0.4 is 0 Å². The lowest BCUT2D eigenvalue weighted by atomic mass is 9.64.